The summed E-state index contributed by atoms with van der Waals surface area (Å²) in [6.45, 7) is 2.84. The Morgan fingerprint density at radius 3 is 2.55 bits per heavy atom. The average molecular weight is 278 g/mol. The number of carbonyl (C=O) groups is 1. The Morgan fingerprint density at radius 1 is 1.30 bits per heavy atom. The first kappa shape index (κ1) is 13.1. The number of amides is 1. The lowest BCUT2D eigenvalue weighted by molar-refractivity contribution is -0.169. The number of primary amides is 1. The summed E-state index contributed by atoms with van der Waals surface area (Å²) >= 11 is 0. The minimum absolute atomic E-state index is 0.303. The molecule has 0 saturated carbocycles. The topological polar surface area (TPSA) is 104 Å². The van der Waals surface area contributed by atoms with Crippen molar-refractivity contribution in [3.63, 3.8) is 0 Å². The third-order valence-corrected chi connectivity index (χ3v) is 3.85. The molecule has 0 bridgehead atoms. The number of carbonyl (C=O) groups excluding carboxylic acids is 1. The molecule has 20 heavy (non-hydrogen) atoms. The van der Waals surface area contributed by atoms with E-state index in [2.05, 4.69) is 9.88 Å². The SMILES string of the molecule is NC(=O)c1cc(N2CCC3(CC2)OCCO3)ncc1N. The normalized spacial score (nSPS) is 21.3. The van der Waals surface area contributed by atoms with Crippen LogP contribution in [0.1, 0.15) is 23.2 Å². The van der Waals surface area contributed by atoms with Gasteiger partial charge in [0.2, 0.25) is 0 Å². The number of anilines is 2. The minimum Gasteiger partial charge on any atom is -0.397 e. The quantitative estimate of drug-likeness (QED) is 0.795. The van der Waals surface area contributed by atoms with Gasteiger partial charge in [0.25, 0.3) is 5.91 Å². The van der Waals surface area contributed by atoms with E-state index in [9.17, 15) is 4.79 Å². The molecular weight excluding hydrogens is 260 g/mol. The molecule has 4 N–H and O–H groups in total. The molecule has 2 fully saturated rings. The number of pyridine rings is 1. The number of rotatable bonds is 2. The van der Waals surface area contributed by atoms with Crippen molar-refractivity contribution >= 4 is 17.4 Å². The van der Waals surface area contributed by atoms with E-state index in [1.54, 1.807) is 6.07 Å². The lowest BCUT2D eigenvalue weighted by Crippen LogP contribution is -2.45. The number of nitrogens with zero attached hydrogens (tertiary/aromatic N) is 2. The Hall–Kier alpha value is -1.86. The maximum Gasteiger partial charge on any atom is 0.250 e. The van der Waals surface area contributed by atoms with Gasteiger partial charge in [-0.2, -0.15) is 0 Å². The van der Waals surface area contributed by atoms with Gasteiger partial charge in [0.1, 0.15) is 5.82 Å². The van der Waals surface area contributed by atoms with Crippen molar-refractivity contribution in [2.45, 2.75) is 18.6 Å². The molecule has 2 saturated heterocycles. The van der Waals surface area contributed by atoms with E-state index < -0.39 is 11.7 Å². The van der Waals surface area contributed by atoms with E-state index in [1.807, 2.05) is 0 Å². The number of nitrogen functional groups attached to an aromatic ring is 1. The van der Waals surface area contributed by atoms with Gasteiger partial charge in [-0.05, 0) is 6.07 Å². The van der Waals surface area contributed by atoms with E-state index in [-0.39, 0.29) is 0 Å². The van der Waals surface area contributed by atoms with Gasteiger partial charge in [-0.15, -0.1) is 0 Å². The summed E-state index contributed by atoms with van der Waals surface area (Å²) in [6, 6.07) is 1.64. The lowest BCUT2D eigenvalue weighted by atomic mass is 10.0. The van der Waals surface area contributed by atoms with Crippen molar-refractivity contribution in [1.29, 1.82) is 0 Å². The highest BCUT2D eigenvalue weighted by atomic mass is 16.7. The van der Waals surface area contributed by atoms with Crippen LogP contribution < -0.4 is 16.4 Å². The predicted octanol–water partition coefficient (Wildman–Crippen LogP) is 0.106. The largest absolute Gasteiger partial charge is 0.397 e. The first-order valence-electron chi connectivity index (χ1n) is 6.68. The molecule has 3 heterocycles. The Morgan fingerprint density at radius 2 is 1.95 bits per heavy atom. The van der Waals surface area contributed by atoms with Gasteiger partial charge in [0, 0.05) is 25.9 Å². The van der Waals surface area contributed by atoms with Crippen molar-refractivity contribution in [2.75, 3.05) is 36.9 Å². The van der Waals surface area contributed by atoms with Crippen LogP contribution in [0, 0.1) is 0 Å². The molecule has 1 aromatic heterocycles. The van der Waals surface area contributed by atoms with E-state index >= 15 is 0 Å². The molecule has 2 aliphatic rings. The number of ether oxygens (including phenoxy) is 2. The number of piperidine rings is 1. The summed E-state index contributed by atoms with van der Waals surface area (Å²) < 4.78 is 11.4. The Kier molecular flexibility index (Phi) is 3.23. The van der Waals surface area contributed by atoms with Crippen LogP contribution in [-0.4, -0.2) is 43.0 Å². The number of aromatic nitrogens is 1. The molecule has 0 unspecified atom stereocenters. The van der Waals surface area contributed by atoms with Gasteiger partial charge in [-0.3, -0.25) is 4.79 Å². The highest BCUT2D eigenvalue weighted by Crippen LogP contribution is 2.33. The van der Waals surface area contributed by atoms with Crippen LogP contribution >= 0.6 is 0 Å². The van der Waals surface area contributed by atoms with Crippen molar-refractivity contribution in [1.82, 2.24) is 4.98 Å². The summed E-state index contributed by atoms with van der Waals surface area (Å²) in [4.78, 5) is 17.7. The zero-order valence-corrected chi connectivity index (χ0v) is 11.2. The van der Waals surface area contributed by atoms with Gasteiger partial charge >= 0.3 is 0 Å². The van der Waals surface area contributed by atoms with Crippen LogP contribution in [0.3, 0.4) is 0 Å². The monoisotopic (exact) mass is 278 g/mol. The smallest absolute Gasteiger partial charge is 0.250 e. The molecule has 3 rings (SSSR count). The van der Waals surface area contributed by atoms with Crippen LogP contribution in [0.25, 0.3) is 0 Å². The summed E-state index contributed by atoms with van der Waals surface area (Å²) in [6.07, 6.45) is 3.04. The molecule has 2 aliphatic heterocycles. The molecule has 7 nitrogen and oxygen atoms in total. The zero-order chi connectivity index (χ0) is 14.2. The average Bonchev–Trinajstić information content (AvgIpc) is 2.88. The summed E-state index contributed by atoms with van der Waals surface area (Å²) in [5.74, 6) is -0.250. The molecule has 0 aliphatic carbocycles. The van der Waals surface area contributed by atoms with Crippen LogP contribution in [0.15, 0.2) is 12.3 Å². The predicted molar refractivity (Wildman–Crippen MR) is 73.2 cm³/mol. The van der Waals surface area contributed by atoms with E-state index in [0.29, 0.717) is 30.3 Å². The number of hydrogen-bond acceptors (Lipinski definition) is 6. The molecule has 1 amide bonds. The van der Waals surface area contributed by atoms with Crippen LogP contribution in [0.2, 0.25) is 0 Å². The molecule has 7 heteroatoms. The molecule has 0 aromatic carbocycles. The van der Waals surface area contributed by atoms with Crippen LogP contribution in [0.5, 0.6) is 0 Å². The van der Waals surface area contributed by atoms with Crippen molar-refractivity contribution in [3.8, 4) is 0 Å². The van der Waals surface area contributed by atoms with Gasteiger partial charge < -0.3 is 25.8 Å². The highest BCUT2D eigenvalue weighted by molar-refractivity contribution is 5.98. The maximum absolute atomic E-state index is 11.3. The first-order valence-corrected chi connectivity index (χ1v) is 6.68. The Bertz CT molecular complexity index is 518. The van der Waals surface area contributed by atoms with Gasteiger partial charge in [0.05, 0.1) is 30.7 Å². The van der Waals surface area contributed by atoms with Crippen molar-refractivity contribution in [2.24, 2.45) is 5.73 Å². The van der Waals surface area contributed by atoms with Crippen LogP contribution in [0.4, 0.5) is 11.5 Å². The summed E-state index contributed by atoms with van der Waals surface area (Å²) in [7, 11) is 0. The van der Waals surface area contributed by atoms with Crippen molar-refractivity contribution in [3.05, 3.63) is 17.8 Å². The second-order valence-corrected chi connectivity index (χ2v) is 5.09. The third kappa shape index (κ3) is 2.30. The van der Waals surface area contributed by atoms with Crippen LogP contribution in [-0.2, 0) is 9.47 Å². The molecular formula is C13H18N4O3. The standard InChI is InChI=1S/C13H18N4O3/c14-10-8-16-11(7-9(10)12(15)18)17-3-1-13(2-4-17)19-5-6-20-13/h7-8H,1-6,14H2,(H2,15,18). The summed E-state index contributed by atoms with van der Waals surface area (Å²) in [5, 5.41) is 0. The molecule has 1 spiro atoms. The fraction of sp³-hybridized carbons (Fsp3) is 0.538. The van der Waals surface area contributed by atoms with E-state index in [0.717, 1.165) is 25.9 Å². The van der Waals surface area contributed by atoms with Gasteiger partial charge in [-0.25, -0.2) is 4.98 Å². The molecule has 1 aromatic rings. The van der Waals surface area contributed by atoms with Gasteiger partial charge in [0.15, 0.2) is 5.79 Å². The number of hydrogen-bond donors (Lipinski definition) is 2. The third-order valence-electron chi connectivity index (χ3n) is 3.85. The van der Waals surface area contributed by atoms with Gasteiger partial charge in [-0.1, -0.05) is 0 Å². The lowest BCUT2D eigenvalue weighted by Gasteiger charge is -2.38. The number of nitrogens with two attached hydrogens (primary N) is 2. The summed E-state index contributed by atoms with van der Waals surface area (Å²) in [5.41, 5.74) is 11.6. The minimum atomic E-state index is -0.540. The first-order chi connectivity index (χ1) is 9.60. The molecule has 108 valence electrons. The maximum atomic E-state index is 11.3. The van der Waals surface area contributed by atoms with Crippen molar-refractivity contribution < 1.29 is 14.3 Å². The second kappa shape index (κ2) is 4.92. The molecule has 0 radical (unpaired) electrons. The van der Waals surface area contributed by atoms with E-state index in [4.69, 9.17) is 20.9 Å². The highest BCUT2D eigenvalue weighted by Gasteiger charge is 2.40. The fourth-order valence-corrected chi connectivity index (χ4v) is 2.70. The van der Waals surface area contributed by atoms with E-state index in [1.165, 1.54) is 6.20 Å². The fourth-order valence-electron chi connectivity index (χ4n) is 2.70. The second-order valence-electron chi connectivity index (χ2n) is 5.09. The zero-order valence-electron chi connectivity index (χ0n) is 11.2. The Labute approximate surface area is 116 Å². The molecule has 0 atom stereocenters. The Balaban J connectivity index is 1.75.